The van der Waals surface area contributed by atoms with Crippen molar-refractivity contribution in [3.63, 3.8) is 0 Å². The van der Waals surface area contributed by atoms with Gasteiger partial charge in [0.25, 0.3) is 0 Å². The summed E-state index contributed by atoms with van der Waals surface area (Å²) in [5, 5.41) is 9.72. The van der Waals surface area contributed by atoms with Gasteiger partial charge in [-0.15, -0.1) is 10.2 Å². The molecule has 0 unspecified atom stereocenters. The average Bonchev–Trinajstić information content (AvgIpc) is 3.27. The lowest BCUT2D eigenvalue weighted by molar-refractivity contribution is 0.289. The molecule has 1 aliphatic heterocycles. The predicted molar refractivity (Wildman–Crippen MR) is 128 cm³/mol. The van der Waals surface area contributed by atoms with Crippen molar-refractivity contribution in [3.05, 3.63) is 95.3 Å². The van der Waals surface area contributed by atoms with Gasteiger partial charge in [-0.25, -0.2) is 9.97 Å². The zero-order chi connectivity index (χ0) is 22.5. The molecule has 0 aliphatic carbocycles. The van der Waals surface area contributed by atoms with E-state index >= 15 is 0 Å². The Morgan fingerprint density at radius 2 is 1.61 bits per heavy atom. The van der Waals surface area contributed by atoms with Crippen LogP contribution in [0.1, 0.15) is 36.0 Å². The minimum absolute atomic E-state index is 0.306. The predicted octanol–water partition coefficient (Wildman–Crippen LogP) is 4.73. The number of hydrogen-bond acceptors (Lipinski definition) is 6. The zero-order valence-corrected chi connectivity index (χ0v) is 19.0. The van der Waals surface area contributed by atoms with E-state index in [-0.39, 0.29) is 0 Å². The lowest BCUT2D eigenvalue weighted by Gasteiger charge is -2.31. The van der Waals surface area contributed by atoms with Gasteiger partial charge in [0.05, 0.1) is 11.6 Å². The first kappa shape index (κ1) is 21.4. The molecule has 1 fully saturated rings. The lowest BCUT2D eigenvalue weighted by Crippen LogP contribution is -2.35. The van der Waals surface area contributed by atoms with Crippen LogP contribution < -0.4 is 9.64 Å². The van der Waals surface area contributed by atoms with E-state index in [1.54, 1.807) is 12.4 Å². The Balaban J connectivity index is 1.36. The molecule has 0 atom stereocenters. The van der Waals surface area contributed by atoms with Gasteiger partial charge in [0, 0.05) is 31.4 Å². The van der Waals surface area contributed by atoms with Crippen LogP contribution in [0.5, 0.6) is 5.75 Å². The van der Waals surface area contributed by atoms with Gasteiger partial charge in [0.15, 0.2) is 5.82 Å². The molecule has 1 aliphatic rings. The number of halogens is 1. The van der Waals surface area contributed by atoms with E-state index < -0.39 is 0 Å². The van der Waals surface area contributed by atoms with Crippen molar-refractivity contribution in [2.45, 2.75) is 31.9 Å². The van der Waals surface area contributed by atoms with E-state index in [0.29, 0.717) is 29.8 Å². The molecule has 0 saturated carbocycles. The van der Waals surface area contributed by atoms with Crippen molar-refractivity contribution in [1.82, 2.24) is 24.7 Å². The maximum absolute atomic E-state index is 6.27. The number of aromatic nitrogens is 5. The molecular weight excluding hydrogens is 436 g/mol. The molecule has 0 spiro atoms. The van der Waals surface area contributed by atoms with E-state index in [1.807, 2.05) is 36.4 Å². The lowest BCUT2D eigenvalue weighted by atomic mass is 9.96. The topological polar surface area (TPSA) is 69.0 Å². The number of hydrogen-bond donors (Lipinski definition) is 0. The van der Waals surface area contributed by atoms with Crippen LogP contribution in [0.25, 0.3) is 0 Å². The SMILES string of the molecule is Clc1ccccc1OCc1nnc(C2CCN(c3ncccn3)CC2)n1Cc1ccccc1. The first-order valence-corrected chi connectivity index (χ1v) is 11.5. The first-order valence-electron chi connectivity index (χ1n) is 11.1. The van der Waals surface area contributed by atoms with Crippen LogP contribution in [0.4, 0.5) is 5.95 Å². The van der Waals surface area contributed by atoms with Gasteiger partial charge in [-0.05, 0) is 36.6 Å². The molecule has 168 valence electrons. The summed E-state index contributed by atoms with van der Waals surface area (Å²) < 4.78 is 8.20. The number of benzene rings is 2. The highest BCUT2D eigenvalue weighted by Gasteiger charge is 2.27. The van der Waals surface area contributed by atoms with E-state index in [1.165, 1.54) is 5.56 Å². The smallest absolute Gasteiger partial charge is 0.225 e. The normalized spacial score (nSPS) is 14.4. The fraction of sp³-hybridized carbons (Fsp3) is 0.280. The van der Waals surface area contributed by atoms with Gasteiger partial charge >= 0.3 is 0 Å². The Labute approximate surface area is 198 Å². The van der Waals surface area contributed by atoms with Gasteiger partial charge in [0.1, 0.15) is 18.2 Å². The minimum atomic E-state index is 0.306. The van der Waals surface area contributed by atoms with E-state index in [9.17, 15) is 0 Å². The van der Waals surface area contributed by atoms with Gasteiger partial charge in [-0.1, -0.05) is 54.1 Å². The maximum atomic E-state index is 6.27. The van der Waals surface area contributed by atoms with Crippen molar-refractivity contribution >= 4 is 17.5 Å². The van der Waals surface area contributed by atoms with E-state index in [4.69, 9.17) is 16.3 Å². The minimum Gasteiger partial charge on any atom is -0.484 e. The number of nitrogens with zero attached hydrogens (tertiary/aromatic N) is 6. The van der Waals surface area contributed by atoms with Crippen LogP contribution in [0, 0.1) is 0 Å². The maximum Gasteiger partial charge on any atom is 0.225 e. The third kappa shape index (κ3) is 4.98. The summed E-state index contributed by atoms with van der Waals surface area (Å²) in [6.45, 7) is 2.78. The van der Waals surface area contributed by atoms with Crippen LogP contribution in [-0.2, 0) is 13.2 Å². The Kier molecular flexibility index (Phi) is 6.48. The summed E-state index contributed by atoms with van der Waals surface area (Å²) in [6, 6.07) is 19.7. The summed E-state index contributed by atoms with van der Waals surface area (Å²) in [5.74, 6) is 3.55. The number of para-hydroxylation sites is 1. The van der Waals surface area contributed by atoms with Gasteiger partial charge < -0.3 is 14.2 Å². The summed E-state index contributed by atoms with van der Waals surface area (Å²) in [4.78, 5) is 11.0. The van der Waals surface area contributed by atoms with E-state index in [0.717, 1.165) is 43.5 Å². The van der Waals surface area contributed by atoms with Crippen LogP contribution in [0.2, 0.25) is 5.02 Å². The van der Waals surface area contributed by atoms with Crippen molar-refractivity contribution < 1.29 is 4.74 Å². The number of piperidine rings is 1. The molecule has 2 aromatic heterocycles. The Morgan fingerprint density at radius 1 is 0.879 bits per heavy atom. The van der Waals surface area contributed by atoms with Crippen LogP contribution in [0.3, 0.4) is 0 Å². The second-order valence-electron chi connectivity index (χ2n) is 8.08. The second-order valence-corrected chi connectivity index (χ2v) is 8.48. The zero-order valence-electron chi connectivity index (χ0n) is 18.2. The summed E-state index contributed by atoms with van der Waals surface area (Å²) in [5.41, 5.74) is 1.20. The molecule has 5 rings (SSSR count). The van der Waals surface area contributed by atoms with Crippen molar-refractivity contribution in [1.29, 1.82) is 0 Å². The second kappa shape index (κ2) is 10.0. The Hall–Kier alpha value is -3.45. The third-order valence-electron chi connectivity index (χ3n) is 5.93. The Bertz CT molecular complexity index is 1180. The van der Waals surface area contributed by atoms with Gasteiger partial charge in [-0.3, -0.25) is 0 Å². The molecule has 2 aromatic carbocycles. The van der Waals surface area contributed by atoms with Gasteiger partial charge in [-0.2, -0.15) is 0 Å². The molecule has 0 amide bonds. The average molecular weight is 461 g/mol. The standard InChI is InChI=1S/C25H25ClN6O/c26-21-9-4-5-10-22(21)33-18-23-29-30-24(32(23)17-19-7-2-1-3-8-19)20-11-15-31(16-12-20)25-27-13-6-14-28-25/h1-10,13-14,20H,11-12,15-18H2. The first-order chi connectivity index (χ1) is 16.3. The van der Waals surface area contributed by atoms with Gasteiger partial charge in [0.2, 0.25) is 5.95 Å². The number of rotatable bonds is 7. The monoisotopic (exact) mass is 460 g/mol. The molecule has 7 nitrogen and oxygen atoms in total. The van der Waals surface area contributed by atoms with Crippen molar-refractivity contribution in [2.24, 2.45) is 0 Å². The molecule has 0 N–H and O–H groups in total. The number of ether oxygens (including phenoxy) is 1. The molecule has 8 heteroatoms. The highest BCUT2D eigenvalue weighted by Crippen LogP contribution is 2.30. The van der Waals surface area contributed by atoms with Crippen LogP contribution >= 0.6 is 11.6 Å². The third-order valence-corrected chi connectivity index (χ3v) is 6.24. The van der Waals surface area contributed by atoms with Crippen LogP contribution in [0.15, 0.2) is 73.1 Å². The quantitative estimate of drug-likeness (QED) is 0.397. The van der Waals surface area contributed by atoms with E-state index in [2.05, 4.69) is 53.9 Å². The van der Waals surface area contributed by atoms with Crippen molar-refractivity contribution in [3.8, 4) is 5.75 Å². The van der Waals surface area contributed by atoms with Crippen LogP contribution in [-0.4, -0.2) is 37.8 Å². The number of anilines is 1. The molecule has 1 saturated heterocycles. The van der Waals surface area contributed by atoms with Crippen molar-refractivity contribution in [2.75, 3.05) is 18.0 Å². The highest BCUT2D eigenvalue weighted by molar-refractivity contribution is 6.32. The highest BCUT2D eigenvalue weighted by atomic mass is 35.5. The molecule has 0 bridgehead atoms. The Morgan fingerprint density at radius 3 is 2.36 bits per heavy atom. The summed E-state index contributed by atoms with van der Waals surface area (Å²) in [6.07, 6.45) is 5.51. The fourth-order valence-corrected chi connectivity index (χ4v) is 4.38. The largest absolute Gasteiger partial charge is 0.484 e. The molecule has 0 radical (unpaired) electrons. The molecule has 33 heavy (non-hydrogen) atoms. The fourth-order valence-electron chi connectivity index (χ4n) is 4.19. The summed E-state index contributed by atoms with van der Waals surface area (Å²) in [7, 11) is 0. The molecule has 4 aromatic rings. The molecular formula is C25H25ClN6O. The molecule has 3 heterocycles. The summed E-state index contributed by atoms with van der Waals surface area (Å²) >= 11 is 6.27.